The Hall–Kier alpha value is -2.97. The highest BCUT2D eigenvalue weighted by atomic mass is 32.2. The quantitative estimate of drug-likeness (QED) is 0.674. The normalized spacial score (nSPS) is 11.3. The number of hydrogen-bond acceptors (Lipinski definition) is 5. The lowest BCUT2D eigenvalue weighted by atomic mass is 10.2. The Labute approximate surface area is 157 Å². The molecule has 0 unspecified atom stereocenters. The molecule has 27 heavy (non-hydrogen) atoms. The zero-order chi connectivity index (χ0) is 19.3. The summed E-state index contributed by atoms with van der Waals surface area (Å²) >= 11 is 0. The maximum atomic E-state index is 12.5. The molecule has 0 saturated carbocycles. The molecule has 0 aliphatic carbocycles. The van der Waals surface area contributed by atoms with Crippen LogP contribution in [0.25, 0.3) is 0 Å². The van der Waals surface area contributed by atoms with E-state index in [1.807, 2.05) is 12.1 Å². The summed E-state index contributed by atoms with van der Waals surface area (Å²) in [7, 11) is -2.01. The minimum absolute atomic E-state index is 0.0594. The summed E-state index contributed by atoms with van der Waals surface area (Å²) in [6.45, 7) is 0.474. The highest BCUT2D eigenvalue weighted by Gasteiger charge is 2.17. The number of carbonyl (C=O) groups is 1. The highest BCUT2D eigenvalue weighted by Crippen LogP contribution is 2.14. The highest BCUT2D eigenvalue weighted by molar-refractivity contribution is 7.89. The molecule has 8 heteroatoms. The number of amides is 1. The van der Waals surface area contributed by atoms with E-state index in [0.29, 0.717) is 17.9 Å². The number of rotatable bonds is 7. The van der Waals surface area contributed by atoms with Gasteiger partial charge in [-0.3, -0.25) is 9.78 Å². The second kappa shape index (κ2) is 8.15. The molecule has 1 aromatic carbocycles. The van der Waals surface area contributed by atoms with Gasteiger partial charge in [-0.15, -0.1) is 0 Å². The third-order valence-corrected chi connectivity index (χ3v) is 5.33. The standard InChI is InChI=1S/C19H19N3O4S/c1-22(14-15-4-2-10-20-12-15)19(23)16-6-8-18(9-7-16)27(24,25)21-13-17-5-3-11-26-17/h2-12,21H,13-14H2,1H3. The van der Waals surface area contributed by atoms with Crippen LogP contribution in [0.15, 0.2) is 76.5 Å². The molecule has 1 amide bonds. The van der Waals surface area contributed by atoms with Gasteiger partial charge in [0.25, 0.3) is 5.91 Å². The van der Waals surface area contributed by atoms with E-state index in [-0.39, 0.29) is 17.3 Å². The molecule has 2 heterocycles. The topological polar surface area (TPSA) is 92.5 Å². The van der Waals surface area contributed by atoms with E-state index in [4.69, 9.17) is 4.42 Å². The van der Waals surface area contributed by atoms with Crippen LogP contribution in [0.5, 0.6) is 0 Å². The van der Waals surface area contributed by atoms with Gasteiger partial charge in [0, 0.05) is 31.5 Å². The van der Waals surface area contributed by atoms with E-state index in [2.05, 4.69) is 9.71 Å². The van der Waals surface area contributed by atoms with Crippen LogP contribution in [0, 0.1) is 0 Å². The van der Waals surface area contributed by atoms with Crippen LogP contribution in [0.1, 0.15) is 21.7 Å². The Kier molecular flexibility index (Phi) is 5.68. The number of sulfonamides is 1. The van der Waals surface area contributed by atoms with Gasteiger partial charge in [-0.2, -0.15) is 0 Å². The SMILES string of the molecule is CN(Cc1cccnc1)C(=O)c1ccc(S(=O)(=O)NCc2ccco2)cc1. The summed E-state index contributed by atoms with van der Waals surface area (Å²) in [5.41, 5.74) is 1.32. The number of nitrogens with one attached hydrogen (secondary N) is 1. The molecule has 0 fully saturated rings. The van der Waals surface area contributed by atoms with E-state index in [9.17, 15) is 13.2 Å². The van der Waals surface area contributed by atoms with Gasteiger partial charge in [0.15, 0.2) is 0 Å². The summed E-state index contributed by atoms with van der Waals surface area (Å²) < 4.78 is 32.2. The first-order chi connectivity index (χ1) is 13.0. The van der Waals surface area contributed by atoms with Crippen molar-refractivity contribution in [3.63, 3.8) is 0 Å². The maximum Gasteiger partial charge on any atom is 0.253 e. The molecule has 3 rings (SSSR count). The molecule has 7 nitrogen and oxygen atoms in total. The van der Waals surface area contributed by atoms with Crippen molar-refractivity contribution in [1.29, 1.82) is 0 Å². The first-order valence-electron chi connectivity index (χ1n) is 8.22. The number of furan rings is 1. The van der Waals surface area contributed by atoms with Crippen LogP contribution in [-0.4, -0.2) is 31.3 Å². The second-order valence-corrected chi connectivity index (χ2v) is 7.72. The molecular weight excluding hydrogens is 366 g/mol. The van der Waals surface area contributed by atoms with E-state index in [0.717, 1.165) is 5.56 Å². The van der Waals surface area contributed by atoms with Crippen molar-refractivity contribution < 1.29 is 17.6 Å². The van der Waals surface area contributed by atoms with Crippen molar-refractivity contribution >= 4 is 15.9 Å². The monoisotopic (exact) mass is 385 g/mol. The second-order valence-electron chi connectivity index (χ2n) is 5.95. The Morgan fingerprint density at radius 1 is 1.15 bits per heavy atom. The van der Waals surface area contributed by atoms with Gasteiger partial charge in [-0.05, 0) is 48.0 Å². The van der Waals surface area contributed by atoms with Crippen LogP contribution in [0.4, 0.5) is 0 Å². The minimum Gasteiger partial charge on any atom is -0.468 e. The summed E-state index contributed by atoms with van der Waals surface area (Å²) in [4.78, 5) is 18.2. The Morgan fingerprint density at radius 2 is 1.93 bits per heavy atom. The molecular formula is C19H19N3O4S. The minimum atomic E-state index is -3.69. The van der Waals surface area contributed by atoms with Crippen LogP contribution in [0.2, 0.25) is 0 Å². The lowest BCUT2D eigenvalue weighted by molar-refractivity contribution is 0.0785. The van der Waals surface area contributed by atoms with E-state index in [1.54, 1.807) is 36.5 Å². The predicted molar refractivity (Wildman–Crippen MR) is 99.2 cm³/mol. The summed E-state index contributed by atoms with van der Waals surface area (Å²) in [5.74, 6) is 0.314. The van der Waals surface area contributed by atoms with Gasteiger partial charge in [0.1, 0.15) is 5.76 Å². The largest absolute Gasteiger partial charge is 0.468 e. The van der Waals surface area contributed by atoms with Crippen molar-refractivity contribution in [2.45, 2.75) is 18.0 Å². The smallest absolute Gasteiger partial charge is 0.253 e. The zero-order valence-electron chi connectivity index (χ0n) is 14.7. The maximum absolute atomic E-state index is 12.5. The Bertz CT molecular complexity index is 985. The van der Waals surface area contributed by atoms with Gasteiger partial charge in [-0.25, -0.2) is 13.1 Å². The predicted octanol–water partition coefficient (Wildman–Crippen LogP) is 2.43. The fourth-order valence-corrected chi connectivity index (χ4v) is 3.49. The first-order valence-corrected chi connectivity index (χ1v) is 9.70. The molecule has 2 aromatic heterocycles. The zero-order valence-corrected chi connectivity index (χ0v) is 15.5. The van der Waals surface area contributed by atoms with Gasteiger partial charge in [0.05, 0.1) is 17.7 Å². The van der Waals surface area contributed by atoms with Crippen molar-refractivity contribution in [3.05, 3.63) is 84.1 Å². The number of carbonyl (C=O) groups excluding carboxylic acids is 1. The fourth-order valence-electron chi connectivity index (χ4n) is 2.50. The van der Waals surface area contributed by atoms with Crippen molar-refractivity contribution in [2.24, 2.45) is 0 Å². The molecule has 0 radical (unpaired) electrons. The molecule has 0 aliphatic heterocycles. The third kappa shape index (κ3) is 4.81. The van der Waals surface area contributed by atoms with Crippen LogP contribution in [-0.2, 0) is 23.1 Å². The van der Waals surface area contributed by atoms with Crippen LogP contribution < -0.4 is 4.72 Å². The molecule has 0 spiro atoms. The van der Waals surface area contributed by atoms with Gasteiger partial charge >= 0.3 is 0 Å². The lowest BCUT2D eigenvalue weighted by Gasteiger charge is -2.17. The summed E-state index contributed by atoms with van der Waals surface area (Å²) in [6.07, 6.45) is 4.85. The molecule has 0 saturated heterocycles. The van der Waals surface area contributed by atoms with Crippen LogP contribution in [0.3, 0.4) is 0 Å². The van der Waals surface area contributed by atoms with E-state index in [1.165, 1.54) is 30.5 Å². The van der Waals surface area contributed by atoms with Crippen molar-refractivity contribution in [3.8, 4) is 0 Å². The average molecular weight is 385 g/mol. The molecule has 140 valence electrons. The third-order valence-electron chi connectivity index (χ3n) is 3.92. The number of hydrogen-bond donors (Lipinski definition) is 1. The van der Waals surface area contributed by atoms with Crippen molar-refractivity contribution in [1.82, 2.24) is 14.6 Å². The first kappa shape index (κ1) is 18.8. The van der Waals surface area contributed by atoms with Crippen molar-refractivity contribution in [2.75, 3.05) is 7.05 Å². The number of nitrogens with zero attached hydrogens (tertiary/aromatic N) is 2. The van der Waals surface area contributed by atoms with Crippen LogP contribution >= 0.6 is 0 Å². The average Bonchev–Trinajstić information content (AvgIpc) is 3.20. The summed E-state index contributed by atoms with van der Waals surface area (Å²) in [6, 6.07) is 12.9. The lowest BCUT2D eigenvalue weighted by Crippen LogP contribution is -2.26. The molecule has 1 N–H and O–H groups in total. The Balaban J connectivity index is 1.66. The number of pyridine rings is 1. The van der Waals surface area contributed by atoms with E-state index < -0.39 is 10.0 Å². The Morgan fingerprint density at radius 3 is 2.56 bits per heavy atom. The number of aromatic nitrogens is 1. The van der Waals surface area contributed by atoms with Gasteiger partial charge in [0.2, 0.25) is 10.0 Å². The molecule has 0 aliphatic rings. The molecule has 0 atom stereocenters. The summed E-state index contributed by atoms with van der Waals surface area (Å²) in [5, 5.41) is 0. The van der Waals surface area contributed by atoms with Gasteiger partial charge in [-0.1, -0.05) is 6.07 Å². The molecule has 3 aromatic rings. The number of benzene rings is 1. The molecule has 0 bridgehead atoms. The van der Waals surface area contributed by atoms with E-state index >= 15 is 0 Å². The van der Waals surface area contributed by atoms with Gasteiger partial charge < -0.3 is 9.32 Å². The fraction of sp³-hybridized carbons (Fsp3) is 0.158.